The normalized spacial score (nSPS) is 42.1. The largest absolute Gasteiger partial charge is 0.390 e. The zero-order valence-electron chi connectivity index (χ0n) is 15.6. The zero-order chi connectivity index (χ0) is 17.8. The van der Waals surface area contributed by atoms with Crippen LogP contribution < -0.4 is 5.32 Å². The maximum atomic E-state index is 13.2. The Morgan fingerprint density at radius 2 is 1.96 bits per heavy atom. The number of carbonyl (C=O) groups is 2. The topological polar surface area (TPSA) is 69.6 Å². The van der Waals surface area contributed by atoms with E-state index in [2.05, 4.69) is 19.2 Å². The molecule has 3 unspecified atom stereocenters. The van der Waals surface area contributed by atoms with Crippen LogP contribution in [0.1, 0.15) is 71.6 Å². The second-order valence-corrected chi connectivity index (χ2v) is 9.81. The van der Waals surface area contributed by atoms with Crippen LogP contribution in [0.3, 0.4) is 0 Å². The van der Waals surface area contributed by atoms with Gasteiger partial charge in [0.05, 0.1) is 5.60 Å². The van der Waals surface area contributed by atoms with Gasteiger partial charge in [-0.25, -0.2) is 0 Å². The molecule has 1 heterocycles. The van der Waals surface area contributed by atoms with Crippen LogP contribution in [-0.4, -0.2) is 46.1 Å². The number of aliphatic hydroxyl groups is 1. The van der Waals surface area contributed by atoms with E-state index in [-0.39, 0.29) is 29.3 Å². The first kappa shape index (κ1) is 17.3. The Bertz CT molecular complexity index is 559. The van der Waals surface area contributed by atoms with Gasteiger partial charge in [-0.1, -0.05) is 0 Å². The quantitative estimate of drug-likeness (QED) is 0.800. The van der Waals surface area contributed by atoms with Crippen molar-refractivity contribution < 1.29 is 14.7 Å². The van der Waals surface area contributed by atoms with Gasteiger partial charge in [0.15, 0.2) is 0 Å². The maximum Gasteiger partial charge on any atom is 0.223 e. The second kappa shape index (κ2) is 5.97. The molecule has 140 valence electrons. The number of nitrogens with zero attached hydrogens (tertiary/aromatic N) is 1. The highest BCUT2D eigenvalue weighted by atomic mass is 16.3. The molecule has 5 fully saturated rings. The van der Waals surface area contributed by atoms with E-state index < -0.39 is 5.60 Å². The Morgan fingerprint density at radius 1 is 1.28 bits per heavy atom. The SMILES string of the molecule is CC(C)N(CC1CCC(=O)N1)C(=O)CC12CC3CC(CC(O)(C3)C1)C2. The molecule has 3 atom stereocenters. The standard InChI is InChI=1S/C20H32N2O3/c1-13(2)22(11-16-3-4-17(23)21-16)18(24)10-19-6-14-5-15(7-19)9-20(25,8-14)12-19/h13-16,25H,3-12H2,1-2H3,(H,21,23). The summed E-state index contributed by atoms with van der Waals surface area (Å²) in [5.74, 6) is 1.53. The fraction of sp³-hybridized carbons (Fsp3) is 0.900. The van der Waals surface area contributed by atoms with Crippen molar-refractivity contribution in [3.8, 4) is 0 Å². The van der Waals surface area contributed by atoms with E-state index in [0.717, 1.165) is 38.5 Å². The summed E-state index contributed by atoms with van der Waals surface area (Å²) in [5.41, 5.74) is -0.492. The number of nitrogens with one attached hydrogen (secondary N) is 1. The predicted molar refractivity (Wildman–Crippen MR) is 94.7 cm³/mol. The van der Waals surface area contributed by atoms with Gasteiger partial charge in [-0.2, -0.15) is 0 Å². The molecule has 1 aliphatic heterocycles. The van der Waals surface area contributed by atoms with Crippen molar-refractivity contribution in [1.82, 2.24) is 10.2 Å². The summed E-state index contributed by atoms with van der Waals surface area (Å²) >= 11 is 0. The van der Waals surface area contributed by atoms with Crippen LogP contribution >= 0.6 is 0 Å². The molecular formula is C20H32N2O3. The second-order valence-electron chi connectivity index (χ2n) is 9.81. The molecule has 4 bridgehead atoms. The average Bonchev–Trinajstić information content (AvgIpc) is 2.86. The zero-order valence-corrected chi connectivity index (χ0v) is 15.6. The summed E-state index contributed by atoms with van der Waals surface area (Å²) in [6.45, 7) is 4.74. The van der Waals surface area contributed by atoms with Crippen LogP contribution in [-0.2, 0) is 9.59 Å². The van der Waals surface area contributed by atoms with Crippen LogP contribution in [0.2, 0.25) is 0 Å². The first-order chi connectivity index (χ1) is 11.8. The highest BCUT2D eigenvalue weighted by Gasteiger charge is 2.57. The minimum atomic E-state index is -0.507. The fourth-order valence-corrected chi connectivity index (χ4v) is 6.68. The molecule has 0 aromatic rings. The van der Waals surface area contributed by atoms with Gasteiger partial charge < -0.3 is 15.3 Å². The third kappa shape index (κ3) is 3.32. The molecule has 2 amide bonds. The van der Waals surface area contributed by atoms with Crippen LogP contribution in [0.4, 0.5) is 0 Å². The lowest BCUT2D eigenvalue weighted by atomic mass is 9.47. The minimum absolute atomic E-state index is 0.0159. The van der Waals surface area contributed by atoms with Crippen LogP contribution in [0.25, 0.3) is 0 Å². The number of amides is 2. The van der Waals surface area contributed by atoms with Crippen LogP contribution in [0.15, 0.2) is 0 Å². The summed E-state index contributed by atoms with van der Waals surface area (Å²) in [5, 5.41) is 13.9. The Morgan fingerprint density at radius 3 is 2.48 bits per heavy atom. The van der Waals surface area contributed by atoms with E-state index in [9.17, 15) is 14.7 Å². The number of carbonyl (C=O) groups excluding carboxylic acids is 2. The van der Waals surface area contributed by atoms with Gasteiger partial charge >= 0.3 is 0 Å². The highest BCUT2D eigenvalue weighted by Crippen LogP contribution is 2.62. The molecule has 1 saturated heterocycles. The lowest BCUT2D eigenvalue weighted by Crippen LogP contribution is -2.57. The van der Waals surface area contributed by atoms with Gasteiger partial charge in [-0.05, 0) is 76.0 Å². The van der Waals surface area contributed by atoms with Gasteiger partial charge in [-0.15, -0.1) is 0 Å². The fourth-order valence-electron chi connectivity index (χ4n) is 6.68. The van der Waals surface area contributed by atoms with E-state index in [0.29, 0.717) is 31.2 Å². The summed E-state index contributed by atoms with van der Waals surface area (Å²) in [4.78, 5) is 26.6. The number of rotatable bonds is 5. The molecule has 5 heteroatoms. The predicted octanol–water partition coefficient (Wildman–Crippen LogP) is 2.22. The lowest BCUT2D eigenvalue weighted by Gasteiger charge is -2.60. The molecule has 0 radical (unpaired) electrons. The molecule has 4 saturated carbocycles. The van der Waals surface area contributed by atoms with Crippen molar-refractivity contribution in [2.75, 3.05) is 6.54 Å². The monoisotopic (exact) mass is 348 g/mol. The van der Waals surface area contributed by atoms with E-state index in [1.165, 1.54) is 6.42 Å². The first-order valence-electron chi connectivity index (χ1n) is 10.1. The van der Waals surface area contributed by atoms with Crippen molar-refractivity contribution in [2.24, 2.45) is 17.3 Å². The highest BCUT2D eigenvalue weighted by molar-refractivity contribution is 5.79. The van der Waals surface area contributed by atoms with E-state index >= 15 is 0 Å². The first-order valence-corrected chi connectivity index (χ1v) is 10.1. The third-order valence-corrected chi connectivity index (χ3v) is 7.12. The molecular weight excluding hydrogens is 316 g/mol. The number of hydrogen-bond acceptors (Lipinski definition) is 3. The van der Waals surface area contributed by atoms with Gasteiger partial charge in [0, 0.05) is 31.5 Å². The van der Waals surface area contributed by atoms with E-state index in [1.807, 2.05) is 4.90 Å². The smallest absolute Gasteiger partial charge is 0.223 e. The summed E-state index contributed by atoms with van der Waals surface area (Å²) < 4.78 is 0. The molecule has 5 aliphatic rings. The average molecular weight is 348 g/mol. The summed E-state index contributed by atoms with van der Waals surface area (Å²) in [7, 11) is 0. The van der Waals surface area contributed by atoms with Gasteiger partial charge in [-0.3, -0.25) is 9.59 Å². The molecule has 4 aliphatic carbocycles. The molecule has 0 spiro atoms. The Kier molecular flexibility index (Phi) is 4.13. The molecule has 2 N–H and O–H groups in total. The third-order valence-electron chi connectivity index (χ3n) is 7.12. The van der Waals surface area contributed by atoms with E-state index in [4.69, 9.17) is 0 Å². The van der Waals surface area contributed by atoms with Crippen molar-refractivity contribution in [1.29, 1.82) is 0 Å². The number of hydrogen-bond donors (Lipinski definition) is 2. The Labute approximate surface area is 150 Å². The van der Waals surface area contributed by atoms with Crippen molar-refractivity contribution >= 4 is 11.8 Å². The molecule has 25 heavy (non-hydrogen) atoms. The molecule has 5 rings (SSSR count). The van der Waals surface area contributed by atoms with Crippen LogP contribution in [0, 0.1) is 17.3 Å². The van der Waals surface area contributed by atoms with Crippen molar-refractivity contribution in [3.05, 3.63) is 0 Å². The molecule has 5 nitrogen and oxygen atoms in total. The summed E-state index contributed by atoms with van der Waals surface area (Å²) in [6, 6.07) is 0.237. The lowest BCUT2D eigenvalue weighted by molar-refractivity contribution is -0.172. The van der Waals surface area contributed by atoms with Crippen LogP contribution in [0.5, 0.6) is 0 Å². The Balaban J connectivity index is 1.45. The van der Waals surface area contributed by atoms with Gasteiger partial charge in [0.25, 0.3) is 0 Å². The minimum Gasteiger partial charge on any atom is -0.390 e. The Hall–Kier alpha value is -1.10. The van der Waals surface area contributed by atoms with Gasteiger partial charge in [0.2, 0.25) is 11.8 Å². The van der Waals surface area contributed by atoms with Gasteiger partial charge in [0.1, 0.15) is 0 Å². The molecule has 0 aromatic heterocycles. The van der Waals surface area contributed by atoms with Crippen molar-refractivity contribution in [3.63, 3.8) is 0 Å². The molecule has 0 aromatic carbocycles. The van der Waals surface area contributed by atoms with Crippen molar-refractivity contribution in [2.45, 2.75) is 89.3 Å². The maximum absolute atomic E-state index is 13.2. The summed E-state index contributed by atoms with van der Waals surface area (Å²) in [6.07, 6.45) is 8.15. The van der Waals surface area contributed by atoms with E-state index in [1.54, 1.807) is 0 Å².